The number of thiophene rings is 1. The molecule has 0 radical (unpaired) electrons. The monoisotopic (exact) mass is 318 g/mol. The fraction of sp³-hybridized carbons (Fsp3) is 0.417. The lowest BCUT2D eigenvalue weighted by Crippen LogP contribution is -2.31. The van der Waals surface area contributed by atoms with Gasteiger partial charge in [0.15, 0.2) is 0 Å². The highest BCUT2D eigenvalue weighted by atomic mass is 35.5. The van der Waals surface area contributed by atoms with E-state index in [0.717, 1.165) is 0 Å². The number of methoxy groups -OCH3 is 1. The third kappa shape index (κ3) is 4.92. The molecule has 0 fully saturated rings. The quantitative estimate of drug-likeness (QED) is 0.637. The van der Waals surface area contributed by atoms with Crippen LogP contribution in [0.4, 0.5) is 0 Å². The molecule has 0 saturated carbocycles. The zero-order valence-corrected chi connectivity index (χ0v) is 12.4. The van der Waals surface area contributed by atoms with Gasteiger partial charge < -0.3 is 15.2 Å². The first-order valence-electron chi connectivity index (χ1n) is 5.80. The molecule has 0 aliphatic rings. The molecule has 8 heteroatoms. The van der Waals surface area contributed by atoms with Crippen molar-refractivity contribution in [3.63, 3.8) is 0 Å². The molecule has 0 spiro atoms. The third-order valence-corrected chi connectivity index (χ3v) is 3.81. The first-order chi connectivity index (χ1) is 9.45. The number of carboxylic acids is 1. The molecule has 0 unspecified atom stereocenters. The van der Waals surface area contributed by atoms with Crippen LogP contribution in [0.25, 0.3) is 0 Å². The summed E-state index contributed by atoms with van der Waals surface area (Å²) >= 11 is 6.90. The number of amides is 1. The molecule has 1 rings (SSSR count). The molecule has 6 nitrogen and oxygen atoms in total. The van der Waals surface area contributed by atoms with E-state index < -0.39 is 17.6 Å². The summed E-state index contributed by atoms with van der Waals surface area (Å²) in [6, 6.07) is 3.25. The Morgan fingerprint density at radius 2 is 2.25 bits per heavy atom. The predicted molar refractivity (Wildman–Crippen MR) is 77.0 cm³/mol. The van der Waals surface area contributed by atoms with Gasteiger partial charge in [0.25, 0.3) is 5.91 Å². The summed E-state index contributed by atoms with van der Waals surface area (Å²) in [7, 11) is 1.44. The lowest BCUT2D eigenvalue weighted by molar-refractivity contribution is -0.129. The van der Waals surface area contributed by atoms with Gasteiger partial charge in [0, 0.05) is 19.6 Å². The van der Waals surface area contributed by atoms with Crippen LogP contribution in [0.5, 0.6) is 0 Å². The van der Waals surface area contributed by atoms with Crippen molar-refractivity contribution in [1.29, 1.82) is 5.41 Å². The minimum absolute atomic E-state index is 0.131. The van der Waals surface area contributed by atoms with Crippen molar-refractivity contribution in [3.05, 3.63) is 21.3 Å². The number of carboxylic acid groups (broad SMARTS) is 1. The van der Waals surface area contributed by atoms with E-state index in [1.54, 1.807) is 12.1 Å². The minimum atomic E-state index is -1.27. The summed E-state index contributed by atoms with van der Waals surface area (Å²) in [4.78, 5) is 23.0. The topological polar surface area (TPSA) is 99.5 Å². The highest BCUT2D eigenvalue weighted by Crippen LogP contribution is 2.21. The van der Waals surface area contributed by atoms with Crippen molar-refractivity contribution in [2.75, 3.05) is 20.3 Å². The van der Waals surface area contributed by atoms with Gasteiger partial charge in [-0.1, -0.05) is 11.6 Å². The van der Waals surface area contributed by atoms with E-state index >= 15 is 0 Å². The van der Waals surface area contributed by atoms with Crippen LogP contribution >= 0.6 is 22.9 Å². The highest BCUT2D eigenvalue weighted by Gasteiger charge is 2.20. The molecule has 0 saturated heterocycles. The molecule has 1 heterocycles. The molecule has 0 aromatic carbocycles. The van der Waals surface area contributed by atoms with E-state index in [0.29, 0.717) is 15.6 Å². The SMILES string of the molecule is COC[C@@H](CCNC(=O)c1ccc(Cl)s1)C(=N)C(=O)O. The van der Waals surface area contributed by atoms with Crippen molar-refractivity contribution >= 4 is 40.5 Å². The van der Waals surface area contributed by atoms with Gasteiger partial charge in [-0.3, -0.25) is 10.2 Å². The second kappa shape index (κ2) is 7.98. The van der Waals surface area contributed by atoms with Crippen LogP contribution in [0.2, 0.25) is 4.34 Å². The summed E-state index contributed by atoms with van der Waals surface area (Å²) in [5.41, 5.74) is -0.416. The van der Waals surface area contributed by atoms with E-state index in [9.17, 15) is 9.59 Å². The van der Waals surface area contributed by atoms with Crippen LogP contribution in [0.15, 0.2) is 12.1 Å². The molecule has 1 aromatic heterocycles. The number of ether oxygens (including phenoxy) is 1. The van der Waals surface area contributed by atoms with Crippen LogP contribution in [0.3, 0.4) is 0 Å². The number of carbonyl (C=O) groups excluding carboxylic acids is 1. The Balaban J connectivity index is 2.46. The standard InChI is InChI=1S/C12H15ClN2O4S/c1-19-6-7(10(14)12(17)18)4-5-15-11(16)8-2-3-9(13)20-8/h2-3,7,14H,4-6H2,1H3,(H,15,16)(H,17,18)/t7-/m1/s1. The van der Waals surface area contributed by atoms with E-state index in [1.807, 2.05) is 0 Å². The minimum Gasteiger partial charge on any atom is -0.477 e. The van der Waals surface area contributed by atoms with Crippen LogP contribution in [0, 0.1) is 11.3 Å². The average Bonchev–Trinajstić information content (AvgIpc) is 2.83. The maximum atomic E-state index is 11.7. The van der Waals surface area contributed by atoms with E-state index in [1.165, 1.54) is 18.4 Å². The van der Waals surface area contributed by atoms with Gasteiger partial charge in [0.05, 0.1) is 15.8 Å². The van der Waals surface area contributed by atoms with Crippen LogP contribution in [-0.2, 0) is 9.53 Å². The summed E-state index contributed by atoms with van der Waals surface area (Å²) < 4.78 is 5.42. The van der Waals surface area contributed by atoms with Gasteiger partial charge in [0.2, 0.25) is 0 Å². The Morgan fingerprint density at radius 3 is 2.75 bits per heavy atom. The normalized spacial score (nSPS) is 11.9. The molecule has 1 amide bonds. The van der Waals surface area contributed by atoms with Gasteiger partial charge in [0.1, 0.15) is 5.71 Å². The fourth-order valence-corrected chi connectivity index (χ4v) is 2.53. The van der Waals surface area contributed by atoms with Crippen molar-refractivity contribution in [3.8, 4) is 0 Å². The second-order valence-corrected chi connectivity index (χ2v) is 5.73. The molecular formula is C12H15ClN2O4S. The summed E-state index contributed by atoms with van der Waals surface area (Å²) in [6.07, 6.45) is 0.323. The van der Waals surface area contributed by atoms with Crippen LogP contribution < -0.4 is 5.32 Å². The number of halogens is 1. The molecular weight excluding hydrogens is 304 g/mol. The zero-order valence-electron chi connectivity index (χ0n) is 10.8. The molecule has 0 aliphatic heterocycles. The van der Waals surface area contributed by atoms with Gasteiger partial charge in [-0.05, 0) is 18.6 Å². The zero-order chi connectivity index (χ0) is 15.1. The van der Waals surface area contributed by atoms with Crippen molar-refractivity contribution < 1.29 is 19.4 Å². The third-order valence-electron chi connectivity index (χ3n) is 2.58. The highest BCUT2D eigenvalue weighted by molar-refractivity contribution is 7.17. The van der Waals surface area contributed by atoms with Crippen molar-refractivity contribution in [2.24, 2.45) is 5.92 Å². The van der Waals surface area contributed by atoms with Gasteiger partial charge in [-0.2, -0.15) is 0 Å². The maximum Gasteiger partial charge on any atom is 0.349 e. The number of hydrogen-bond donors (Lipinski definition) is 3. The maximum absolute atomic E-state index is 11.7. The van der Waals surface area contributed by atoms with Gasteiger partial charge >= 0.3 is 5.97 Å². The number of aliphatic carboxylic acids is 1. The number of hydrogen-bond acceptors (Lipinski definition) is 5. The average molecular weight is 319 g/mol. The van der Waals surface area contributed by atoms with Gasteiger partial charge in [-0.25, -0.2) is 4.79 Å². The molecule has 1 atom stereocenters. The molecule has 20 heavy (non-hydrogen) atoms. The number of carbonyl (C=O) groups is 2. The Hall–Kier alpha value is -1.44. The number of rotatable bonds is 8. The largest absolute Gasteiger partial charge is 0.477 e. The van der Waals surface area contributed by atoms with E-state index in [4.69, 9.17) is 26.9 Å². The molecule has 0 aliphatic carbocycles. The Morgan fingerprint density at radius 1 is 1.55 bits per heavy atom. The first kappa shape index (κ1) is 16.6. The molecule has 0 bridgehead atoms. The lowest BCUT2D eigenvalue weighted by atomic mass is 10.0. The van der Waals surface area contributed by atoms with Crippen molar-refractivity contribution in [2.45, 2.75) is 6.42 Å². The van der Waals surface area contributed by atoms with Gasteiger partial charge in [-0.15, -0.1) is 11.3 Å². The summed E-state index contributed by atoms with van der Waals surface area (Å²) in [6.45, 7) is 0.393. The Kier molecular flexibility index (Phi) is 6.63. The fourth-order valence-electron chi connectivity index (χ4n) is 1.57. The van der Waals surface area contributed by atoms with E-state index in [-0.39, 0.29) is 19.1 Å². The number of nitrogens with one attached hydrogen (secondary N) is 2. The van der Waals surface area contributed by atoms with Crippen LogP contribution in [-0.4, -0.2) is 43.0 Å². The summed E-state index contributed by atoms with van der Waals surface area (Å²) in [5, 5.41) is 18.9. The Bertz CT molecular complexity index is 503. The van der Waals surface area contributed by atoms with E-state index in [2.05, 4.69) is 5.32 Å². The first-order valence-corrected chi connectivity index (χ1v) is 6.99. The van der Waals surface area contributed by atoms with Crippen molar-refractivity contribution in [1.82, 2.24) is 5.32 Å². The molecule has 1 aromatic rings. The Labute approximate surface area is 125 Å². The smallest absolute Gasteiger partial charge is 0.349 e. The van der Waals surface area contributed by atoms with Crippen LogP contribution in [0.1, 0.15) is 16.1 Å². The summed E-state index contributed by atoms with van der Waals surface area (Å²) in [5.74, 6) is -2.09. The molecule has 3 N–H and O–H groups in total. The molecule has 110 valence electrons. The second-order valence-electron chi connectivity index (χ2n) is 4.02. The predicted octanol–water partition coefficient (Wildman–Crippen LogP) is 1.89. The lowest BCUT2D eigenvalue weighted by Gasteiger charge is -2.14.